The zero-order valence-electron chi connectivity index (χ0n) is 16.0. The normalized spacial score (nSPS) is 11.9. The number of benzene rings is 2. The van der Waals surface area contributed by atoms with Crippen molar-refractivity contribution in [2.45, 2.75) is 32.9 Å². The quantitative estimate of drug-likeness (QED) is 0.714. The van der Waals surface area contributed by atoms with Gasteiger partial charge in [0.2, 0.25) is 11.8 Å². The predicted octanol–water partition coefficient (Wildman–Crippen LogP) is 2.39. The van der Waals surface area contributed by atoms with Gasteiger partial charge in [0.25, 0.3) is 0 Å². The molecule has 0 saturated heterocycles. The third-order valence-corrected chi connectivity index (χ3v) is 4.33. The average Bonchev–Trinajstić information content (AvgIpc) is 2.69. The number of aliphatic hydroxyl groups excluding tert-OH is 1. The molecule has 2 amide bonds. The fourth-order valence-corrected chi connectivity index (χ4v) is 2.93. The van der Waals surface area contributed by atoms with Gasteiger partial charge in [0.1, 0.15) is 6.04 Å². The van der Waals surface area contributed by atoms with Crippen LogP contribution in [0.2, 0.25) is 0 Å². The van der Waals surface area contributed by atoms with E-state index in [9.17, 15) is 9.59 Å². The van der Waals surface area contributed by atoms with Crippen LogP contribution >= 0.6 is 0 Å². The standard InChI is InChI=1S/C22H28N2O3/c1-17(2)22(27)24(16-19-11-7-4-8-12-19)20(21(26)23-13-14-25)15-18-9-5-3-6-10-18/h3-12,17,20,25H,13-16H2,1-2H3,(H,23,26)/t20-/m1/s1. The highest BCUT2D eigenvalue weighted by atomic mass is 16.3. The average molecular weight is 368 g/mol. The van der Waals surface area contributed by atoms with Crippen LogP contribution in [-0.4, -0.2) is 41.0 Å². The van der Waals surface area contributed by atoms with E-state index in [2.05, 4.69) is 5.32 Å². The van der Waals surface area contributed by atoms with Gasteiger partial charge in [-0.2, -0.15) is 0 Å². The zero-order chi connectivity index (χ0) is 19.6. The van der Waals surface area contributed by atoms with Gasteiger partial charge in [-0.3, -0.25) is 9.59 Å². The maximum absolute atomic E-state index is 13.0. The Balaban J connectivity index is 2.34. The van der Waals surface area contributed by atoms with Crippen molar-refractivity contribution in [1.29, 1.82) is 0 Å². The van der Waals surface area contributed by atoms with E-state index in [-0.39, 0.29) is 30.9 Å². The molecule has 0 spiro atoms. The summed E-state index contributed by atoms with van der Waals surface area (Å²) < 4.78 is 0. The van der Waals surface area contributed by atoms with Crippen molar-refractivity contribution in [1.82, 2.24) is 10.2 Å². The molecule has 0 unspecified atom stereocenters. The molecule has 1 atom stereocenters. The summed E-state index contributed by atoms with van der Waals surface area (Å²) in [5.41, 5.74) is 1.95. The highest BCUT2D eigenvalue weighted by Gasteiger charge is 2.31. The molecule has 0 aromatic heterocycles. The van der Waals surface area contributed by atoms with Crippen molar-refractivity contribution >= 4 is 11.8 Å². The van der Waals surface area contributed by atoms with Gasteiger partial charge in [-0.05, 0) is 11.1 Å². The minimum Gasteiger partial charge on any atom is -0.395 e. The van der Waals surface area contributed by atoms with Crippen LogP contribution in [0.3, 0.4) is 0 Å². The van der Waals surface area contributed by atoms with Crippen LogP contribution < -0.4 is 5.32 Å². The fourth-order valence-electron chi connectivity index (χ4n) is 2.93. The van der Waals surface area contributed by atoms with E-state index in [4.69, 9.17) is 5.11 Å². The number of aliphatic hydroxyl groups is 1. The number of amides is 2. The molecule has 0 heterocycles. The molecule has 2 N–H and O–H groups in total. The second-order valence-corrected chi connectivity index (χ2v) is 6.83. The Morgan fingerprint density at radius 1 is 0.963 bits per heavy atom. The number of hydrogen-bond acceptors (Lipinski definition) is 3. The molecular weight excluding hydrogens is 340 g/mol. The van der Waals surface area contributed by atoms with Gasteiger partial charge in [-0.15, -0.1) is 0 Å². The molecule has 2 aromatic carbocycles. The Morgan fingerprint density at radius 2 is 1.52 bits per heavy atom. The summed E-state index contributed by atoms with van der Waals surface area (Å²) in [4.78, 5) is 27.5. The van der Waals surface area contributed by atoms with Crippen molar-refractivity contribution in [3.05, 3.63) is 71.8 Å². The minimum atomic E-state index is -0.644. The van der Waals surface area contributed by atoms with Gasteiger partial charge in [0.05, 0.1) is 6.61 Å². The number of carbonyl (C=O) groups excluding carboxylic acids is 2. The van der Waals surface area contributed by atoms with Crippen molar-refractivity contribution in [2.75, 3.05) is 13.2 Å². The first-order chi connectivity index (χ1) is 13.0. The molecule has 2 aromatic rings. The molecule has 0 bridgehead atoms. The molecule has 0 aliphatic carbocycles. The first-order valence-electron chi connectivity index (χ1n) is 9.29. The van der Waals surface area contributed by atoms with Crippen molar-refractivity contribution in [3.8, 4) is 0 Å². The summed E-state index contributed by atoms with van der Waals surface area (Å²) in [5, 5.41) is 11.8. The van der Waals surface area contributed by atoms with Gasteiger partial charge >= 0.3 is 0 Å². The smallest absolute Gasteiger partial charge is 0.243 e. The van der Waals surface area contributed by atoms with E-state index in [0.717, 1.165) is 11.1 Å². The van der Waals surface area contributed by atoms with Gasteiger partial charge in [0.15, 0.2) is 0 Å². The number of rotatable bonds is 9. The number of hydrogen-bond donors (Lipinski definition) is 2. The van der Waals surface area contributed by atoms with Crippen molar-refractivity contribution in [3.63, 3.8) is 0 Å². The van der Waals surface area contributed by atoms with Crippen LogP contribution in [0.15, 0.2) is 60.7 Å². The summed E-state index contributed by atoms with van der Waals surface area (Å²) in [6, 6.07) is 18.7. The first-order valence-corrected chi connectivity index (χ1v) is 9.29. The van der Waals surface area contributed by atoms with Crippen LogP contribution in [0.1, 0.15) is 25.0 Å². The second kappa shape index (κ2) is 10.5. The molecule has 0 saturated carbocycles. The number of carbonyl (C=O) groups is 2. The highest BCUT2D eigenvalue weighted by Crippen LogP contribution is 2.17. The van der Waals surface area contributed by atoms with E-state index >= 15 is 0 Å². The number of nitrogens with zero attached hydrogens (tertiary/aromatic N) is 1. The molecule has 0 aliphatic rings. The van der Waals surface area contributed by atoms with Crippen LogP contribution in [0.25, 0.3) is 0 Å². The molecule has 2 rings (SSSR count). The molecular formula is C22H28N2O3. The summed E-state index contributed by atoms with van der Waals surface area (Å²) in [6.07, 6.45) is 0.420. The maximum atomic E-state index is 13.0. The number of nitrogens with one attached hydrogen (secondary N) is 1. The monoisotopic (exact) mass is 368 g/mol. The molecule has 0 fully saturated rings. The topological polar surface area (TPSA) is 69.6 Å². The summed E-state index contributed by atoms with van der Waals surface area (Å²) >= 11 is 0. The molecule has 5 heteroatoms. The maximum Gasteiger partial charge on any atom is 0.243 e. The third-order valence-electron chi connectivity index (χ3n) is 4.33. The van der Waals surface area contributed by atoms with Crippen LogP contribution in [0.4, 0.5) is 0 Å². The lowest BCUT2D eigenvalue weighted by molar-refractivity contribution is -0.143. The van der Waals surface area contributed by atoms with Crippen molar-refractivity contribution < 1.29 is 14.7 Å². The van der Waals surface area contributed by atoms with E-state index in [0.29, 0.717) is 13.0 Å². The van der Waals surface area contributed by atoms with Gasteiger partial charge in [-0.1, -0.05) is 74.5 Å². The van der Waals surface area contributed by atoms with Crippen LogP contribution in [0.5, 0.6) is 0 Å². The molecule has 0 aliphatic heterocycles. The van der Waals surface area contributed by atoms with Crippen molar-refractivity contribution in [2.24, 2.45) is 5.92 Å². The molecule has 27 heavy (non-hydrogen) atoms. The zero-order valence-corrected chi connectivity index (χ0v) is 16.0. The lowest BCUT2D eigenvalue weighted by atomic mass is 10.0. The van der Waals surface area contributed by atoms with Gasteiger partial charge in [-0.25, -0.2) is 0 Å². The SMILES string of the molecule is CC(C)C(=O)N(Cc1ccccc1)[C@H](Cc1ccccc1)C(=O)NCCO. The molecule has 0 radical (unpaired) electrons. The third kappa shape index (κ3) is 6.22. The summed E-state index contributed by atoms with van der Waals surface area (Å²) in [5.74, 6) is -0.547. The second-order valence-electron chi connectivity index (χ2n) is 6.83. The summed E-state index contributed by atoms with van der Waals surface area (Å²) in [6.45, 7) is 4.07. The Bertz CT molecular complexity index is 717. The summed E-state index contributed by atoms with van der Waals surface area (Å²) in [7, 11) is 0. The Kier molecular flexibility index (Phi) is 8.01. The fraction of sp³-hybridized carbons (Fsp3) is 0.364. The molecule has 5 nitrogen and oxygen atoms in total. The van der Waals surface area contributed by atoms with E-state index in [1.54, 1.807) is 4.90 Å². The van der Waals surface area contributed by atoms with Gasteiger partial charge in [0, 0.05) is 25.4 Å². The highest BCUT2D eigenvalue weighted by molar-refractivity contribution is 5.88. The molecule has 144 valence electrons. The largest absolute Gasteiger partial charge is 0.395 e. The Labute approximate surface area is 161 Å². The van der Waals surface area contributed by atoms with Crippen LogP contribution in [-0.2, 0) is 22.6 Å². The van der Waals surface area contributed by atoms with E-state index < -0.39 is 6.04 Å². The van der Waals surface area contributed by atoms with Crippen LogP contribution in [0, 0.1) is 5.92 Å². The Morgan fingerprint density at radius 3 is 2.04 bits per heavy atom. The van der Waals surface area contributed by atoms with E-state index in [1.807, 2.05) is 74.5 Å². The lowest BCUT2D eigenvalue weighted by Gasteiger charge is -2.32. The van der Waals surface area contributed by atoms with Gasteiger partial charge < -0.3 is 15.3 Å². The Hall–Kier alpha value is -2.66. The predicted molar refractivity (Wildman–Crippen MR) is 106 cm³/mol. The first kappa shape index (κ1) is 20.6. The van der Waals surface area contributed by atoms with E-state index in [1.165, 1.54) is 0 Å². The minimum absolute atomic E-state index is 0.0704. The lowest BCUT2D eigenvalue weighted by Crippen LogP contribution is -2.52.